The lowest BCUT2D eigenvalue weighted by Gasteiger charge is -2.07. The van der Waals surface area contributed by atoms with Crippen LogP contribution in [0.3, 0.4) is 0 Å². The van der Waals surface area contributed by atoms with Crippen molar-refractivity contribution in [2.75, 3.05) is 6.54 Å². The minimum absolute atomic E-state index is 0.0479. The summed E-state index contributed by atoms with van der Waals surface area (Å²) in [5, 5.41) is 7.01. The molecule has 0 radical (unpaired) electrons. The van der Waals surface area contributed by atoms with E-state index in [4.69, 9.17) is 0 Å². The van der Waals surface area contributed by atoms with Crippen LogP contribution in [0.5, 0.6) is 0 Å². The summed E-state index contributed by atoms with van der Waals surface area (Å²) >= 11 is 0. The summed E-state index contributed by atoms with van der Waals surface area (Å²) < 4.78 is 1.74. The van der Waals surface area contributed by atoms with Gasteiger partial charge in [0.2, 0.25) is 0 Å². The minimum atomic E-state index is -0.0479. The van der Waals surface area contributed by atoms with Gasteiger partial charge < -0.3 is 5.32 Å². The molecule has 1 N–H and O–H groups in total. The van der Waals surface area contributed by atoms with Crippen molar-refractivity contribution < 1.29 is 4.79 Å². The van der Waals surface area contributed by atoms with E-state index < -0.39 is 0 Å². The van der Waals surface area contributed by atoms with Gasteiger partial charge in [0, 0.05) is 12.1 Å². The molecule has 5 nitrogen and oxygen atoms in total. The number of benzene rings is 2. The molecule has 0 aliphatic heterocycles. The van der Waals surface area contributed by atoms with Gasteiger partial charge in [0.1, 0.15) is 12.7 Å². The van der Waals surface area contributed by atoms with Gasteiger partial charge in [-0.2, -0.15) is 5.10 Å². The number of amides is 1. The van der Waals surface area contributed by atoms with E-state index in [2.05, 4.69) is 27.5 Å². The molecule has 1 aromatic heterocycles. The highest BCUT2D eigenvalue weighted by Crippen LogP contribution is 2.06. The van der Waals surface area contributed by atoms with E-state index in [0.29, 0.717) is 18.7 Å². The Morgan fingerprint density at radius 3 is 2.48 bits per heavy atom. The fraction of sp³-hybridized carbons (Fsp3) is 0.167. The predicted molar refractivity (Wildman–Crippen MR) is 88.0 cm³/mol. The second kappa shape index (κ2) is 7.35. The van der Waals surface area contributed by atoms with Crippen molar-refractivity contribution in [1.29, 1.82) is 0 Å². The first-order valence-corrected chi connectivity index (χ1v) is 7.55. The van der Waals surface area contributed by atoms with Gasteiger partial charge in [-0.3, -0.25) is 4.79 Å². The molecule has 0 bridgehead atoms. The minimum Gasteiger partial charge on any atom is -0.352 e. The monoisotopic (exact) mass is 306 g/mol. The van der Waals surface area contributed by atoms with E-state index in [0.717, 1.165) is 12.0 Å². The van der Waals surface area contributed by atoms with Crippen molar-refractivity contribution in [3.8, 4) is 0 Å². The van der Waals surface area contributed by atoms with E-state index in [-0.39, 0.29) is 5.91 Å². The largest absolute Gasteiger partial charge is 0.352 e. The standard InChI is InChI=1S/C18H18N4O/c23-18(20-11-10-15-4-2-1-3-5-15)17-8-6-16(7-9-17)12-22-14-19-13-21-22/h1-9,13-14H,10-12H2,(H,20,23). The third-order valence-electron chi connectivity index (χ3n) is 3.57. The van der Waals surface area contributed by atoms with E-state index >= 15 is 0 Å². The second-order valence-electron chi connectivity index (χ2n) is 5.28. The number of rotatable bonds is 6. The predicted octanol–water partition coefficient (Wildman–Crippen LogP) is 2.30. The molecule has 116 valence electrons. The van der Waals surface area contributed by atoms with Gasteiger partial charge in [-0.25, -0.2) is 9.67 Å². The number of aromatic nitrogens is 3. The van der Waals surface area contributed by atoms with Gasteiger partial charge in [0.05, 0.1) is 6.54 Å². The van der Waals surface area contributed by atoms with Gasteiger partial charge in [-0.1, -0.05) is 42.5 Å². The summed E-state index contributed by atoms with van der Waals surface area (Å²) in [6.07, 6.45) is 4.01. The molecule has 0 fully saturated rings. The fourth-order valence-corrected chi connectivity index (χ4v) is 2.33. The van der Waals surface area contributed by atoms with Gasteiger partial charge in [-0.05, 0) is 29.7 Å². The Labute approximate surface area is 135 Å². The van der Waals surface area contributed by atoms with Crippen LogP contribution in [0.2, 0.25) is 0 Å². The average Bonchev–Trinajstić information content (AvgIpc) is 3.09. The molecule has 3 rings (SSSR count). The summed E-state index contributed by atoms with van der Waals surface area (Å²) in [5.74, 6) is -0.0479. The molecule has 0 unspecified atom stereocenters. The van der Waals surface area contributed by atoms with Crippen molar-refractivity contribution in [3.05, 3.63) is 83.9 Å². The molecule has 5 heteroatoms. The Balaban J connectivity index is 1.51. The topological polar surface area (TPSA) is 59.8 Å². The number of hydrogen-bond acceptors (Lipinski definition) is 3. The molecule has 3 aromatic rings. The van der Waals surface area contributed by atoms with Crippen LogP contribution in [-0.4, -0.2) is 27.2 Å². The average molecular weight is 306 g/mol. The SMILES string of the molecule is O=C(NCCc1ccccc1)c1ccc(Cn2cncn2)cc1. The first-order valence-electron chi connectivity index (χ1n) is 7.55. The highest BCUT2D eigenvalue weighted by atomic mass is 16.1. The lowest BCUT2D eigenvalue weighted by molar-refractivity contribution is 0.0954. The van der Waals surface area contributed by atoms with E-state index in [9.17, 15) is 4.79 Å². The summed E-state index contributed by atoms with van der Waals surface area (Å²) in [6.45, 7) is 1.28. The molecule has 0 atom stereocenters. The quantitative estimate of drug-likeness (QED) is 0.760. The number of carbonyl (C=O) groups excluding carboxylic acids is 1. The lowest BCUT2D eigenvalue weighted by atomic mass is 10.1. The van der Waals surface area contributed by atoms with Gasteiger partial charge in [0.25, 0.3) is 5.91 Å². The third-order valence-corrected chi connectivity index (χ3v) is 3.57. The third kappa shape index (κ3) is 4.26. The molecule has 2 aromatic carbocycles. The van der Waals surface area contributed by atoms with E-state index in [1.165, 1.54) is 11.9 Å². The lowest BCUT2D eigenvalue weighted by Crippen LogP contribution is -2.25. The van der Waals surface area contributed by atoms with Crippen LogP contribution in [0, 0.1) is 0 Å². The van der Waals surface area contributed by atoms with Gasteiger partial charge in [-0.15, -0.1) is 0 Å². The number of nitrogens with zero attached hydrogens (tertiary/aromatic N) is 3. The fourth-order valence-electron chi connectivity index (χ4n) is 2.33. The first kappa shape index (κ1) is 15.0. The zero-order valence-electron chi connectivity index (χ0n) is 12.7. The molecule has 0 saturated carbocycles. The second-order valence-corrected chi connectivity index (χ2v) is 5.28. The van der Waals surface area contributed by atoms with E-state index in [1.54, 1.807) is 11.0 Å². The van der Waals surface area contributed by atoms with Gasteiger partial charge in [0.15, 0.2) is 0 Å². The van der Waals surface area contributed by atoms with Crippen LogP contribution >= 0.6 is 0 Å². The van der Waals surface area contributed by atoms with Crippen molar-refractivity contribution in [2.24, 2.45) is 0 Å². The first-order chi connectivity index (χ1) is 11.3. The molecule has 1 heterocycles. The number of carbonyl (C=O) groups is 1. The summed E-state index contributed by atoms with van der Waals surface area (Å²) in [5.41, 5.74) is 2.97. The maximum absolute atomic E-state index is 12.1. The smallest absolute Gasteiger partial charge is 0.251 e. The molecular formula is C18H18N4O. The molecule has 1 amide bonds. The highest BCUT2D eigenvalue weighted by Gasteiger charge is 2.05. The maximum Gasteiger partial charge on any atom is 0.251 e. The van der Waals surface area contributed by atoms with Crippen LogP contribution < -0.4 is 5.32 Å². The normalized spacial score (nSPS) is 10.4. The summed E-state index contributed by atoms with van der Waals surface area (Å²) in [7, 11) is 0. The molecular weight excluding hydrogens is 288 g/mol. The van der Waals surface area contributed by atoms with Crippen LogP contribution in [0.15, 0.2) is 67.3 Å². The van der Waals surface area contributed by atoms with Gasteiger partial charge >= 0.3 is 0 Å². The van der Waals surface area contributed by atoms with E-state index in [1.807, 2.05) is 42.5 Å². The Kier molecular flexibility index (Phi) is 4.79. The molecule has 0 aliphatic rings. The zero-order valence-corrected chi connectivity index (χ0v) is 12.7. The molecule has 23 heavy (non-hydrogen) atoms. The van der Waals surface area contributed by atoms with Crippen LogP contribution in [0.4, 0.5) is 0 Å². The zero-order chi connectivity index (χ0) is 15.9. The van der Waals surface area contributed by atoms with Crippen molar-refractivity contribution in [3.63, 3.8) is 0 Å². The van der Waals surface area contributed by atoms with Crippen molar-refractivity contribution >= 4 is 5.91 Å². The highest BCUT2D eigenvalue weighted by molar-refractivity contribution is 5.94. The molecule has 0 aliphatic carbocycles. The Morgan fingerprint density at radius 2 is 1.78 bits per heavy atom. The molecule has 0 saturated heterocycles. The number of nitrogens with one attached hydrogen (secondary N) is 1. The Morgan fingerprint density at radius 1 is 1.00 bits per heavy atom. The van der Waals surface area contributed by atoms with Crippen molar-refractivity contribution in [2.45, 2.75) is 13.0 Å². The van der Waals surface area contributed by atoms with Crippen LogP contribution in [0.25, 0.3) is 0 Å². The summed E-state index contributed by atoms with van der Waals surface area (Å²) in [4.78, 5) is 16.0. The Bertz CT molecular complexity index is 736. The van der Waals surface area contributed by atoms with Crippen LogP contribution in [-0.2, 0) is 13.0 Å². The van der Waals surface area contributed by atoms with Crippen molar-refractivity contribution in [1.82, 2.24) is 20.1 Å². The maximum atomic E-state index is 12.1. The van der Waals surface area contributed by atoms with Crippen LogP contribution in [0.1, 0.15) is 21.5 Å². The Hall–Kier alpha value is -2.95. The molecule has 0 spiro atoms. The summed E-state index contributed by atoms with van der Waals surface area (Å²) in [6, 6.07) is 17.7. The number of hydrogen-bond donors (Lipinski definition) is 1.